The van der Waals surface area contributed by atoms with Crippen molar-refractivity contribution in [2.24, 2.45) is 0 Å². The summed E-state index contributed by atoms with van der Waals surface area (Å²) in [7, 11) is 0. The Morgan fingerprint density at radius 3 is 1.57 bits per heavy atom. The van der Waals surface area contributed by atoms with Crippen LogP contribution < -0.4 is 14.7 Å². The molecule has 1 heterocycles. The van der Waals surface area contributed by atoms with Crippen LogP contribution in [0.15, 0.2) is 194 Å². The largest absolute Gasteiger partial charge is 0.310 e. The molecule has 0 saturated heterocycles. The van der Waals surface area contributed by atoms with Gasteiger partial charge in [-0.15, -0.1) is 0 Å². The number of hydrogen-bond donors (Lipinski definition) is 0. The highest BCUT2D eigenvalue weighted by Gasteiger charge is 2.34. The summed E-state index contributed by atoms with van der Waals surface area (Å²) in [5.41, 5.74) is 18.7. The van der Waals surface area contributed by atoms with Crippen molar-refractivity contribution in [1.29, 1.82) is 0 Å². The average molecular weight is 696 g/mol. The van der Waals surface area contributed by atoms with Gasteiger partial charge in [0, 0.05) is 34.0 Å². The first-order valence-electron chi connectivity index (χ1n) is 18.6. The Bertz CT molecular complexity index is 2580. The lowest BCUT2D eigenvalue weighted by molar-refractivity contribution is 1.15. The number of hydrogen-bond acceptors (Lipinski definition) is 3. The molecule has 9 rings (SSSR count). The molecule has 0 spiro atoms. The van der Waals surface area contributed by atoms with Gasteiger partial charge in [-0.3, -0.25) is 0 Å². The fourth-order valence-corrected chi connectivity index (χ4v) is 7.93. The van der Waals surface area contributed by atoms with E-state index in [1.807, 2.05) is 0 Å². The summed E-state index contributed by atoms with van der Waals surface area (Å²) in [6, 6.07) is 70.1. The van der Waals surface area contributed by atoms with Gasteiger partial charge in [0.1, 0.15) is 0 Å². The molecule has 0 bridgehead atoms. The minimum Gasteiger partial charge on any atom is -0.310 e. The zero-order valence-electron chi connectivity index (χ0n) is 30.8. The number of para-hydroxylation sites is 3. The summed E-state index contributed by atoms with van der Waals surface area (Å²) < 4.78 is 0. The van der Waals surface area contributed by atoms with Crippen LogP contribution in [0.1, 0.15) is 16.7 Å². The van der Waals surface area contributed by atoms with Gasteiger partial charge in [-0.2, -0.15) is 0 Å². The lowest BCUT2D eigenvalue weighted by Gasteiger charge is -2.42. The van der Waals surface area contributed by atoms with Crippen LogP contribution in [0, 0.1) is 20.8 Å². The molecule has 3 heteroatoms. The first-order chi connectivity index (χ1) is 26.6. The van der Waals surface area contributed by atoms with Gasteiger partial charge in [0.15, 0.2) is 0 Å². The summed E-state index contributed by atoms with van der Waals surface area (Å²) in [5.74, 6) is 0. The second-order valence-corrected chi connectivity index (χ2v) is 14.0. The van der Waals surface area contributed by atoms with E-state index in [1.54, 1.807) is 0 Å². The fraction of sp³-hybridized carbons (Fsp3) is 0.0588. The average Bonchev–Trinajstić information content (AvgIpc) is 3.22. The lowest BCUT2D eigenvalue weighted by Crippen LogP contribution is -2.25. The molecule has 0 radical (unpaired) electrons. The summed E-state index contributed by atoms with van der Waals surface area (Å²) in [6.07, 6.45) is 0. The van der Waals surface area contributed by atoms with Crippen molar-refractivity contribution in [3.05, 3.63) is 211 Å². The standard InChI is InChI=1S/C51H41N3/c1-36-17-13-15-25-45(36)50-38(3)27-33-48-51(50)54(42-23-11-6-12-24-42)47-34-32-44(35-49(47)53(48)41-21-9-5-10-22-41)52(46-26-16-14-18-37(46)2)43-30-28-40(29-31-43)39-19-7-4-8-20-39/h4-35H,1-3H3. The molecule has 0 atom stereocenters. The van der Waals surface area contributed by atoms with E-state index in [0.717, 1.165) is 45.5 Å². The molecule has 0 saturated carbocycles. The van der Waals surface area contributed by atoms with Gasteiger partial charge in [-0.1, -0.05) is 127 Å². The van der Waals surface area contributed by atoms with E-state index in [9.17, 15) is 0 Å². The molecule has 8 aromatic carbocycles. The highest BCUT2D eigenvalue weighted by molar-refractivity contribution is 6.08. The topological polar surface area (TPSA) is 9.72 Å². The molecule has 0 unspecified atom stereocenters. The predicted molar refractivity (Wildman–Crippen MR) is 229 cm³/mol. The molecule has 1 aliphatic rings. The van der Waals surface area contributed by atoms with Crippen LogP contribution in [0.4, 0.5) is 51.2 Å². The van der Waals surface area contributed by atoms with E-state index < -0.39 is 0 Å². The molecule has 8 aromatic rings. The van der Waals surface area contributed by atoms with E-state index in [1.165, 1.54) is 44.6 Å². The van der Waals surface area contributed by atoms with Crippen molar-refractivity contribution in [3.63, 3.8) is 0 Å². The fourth-order valence-electron chi connectivity index (χ4n) is 7.93. The quantitative estimate of drug-likeness (QED) is 0.164. The molecule has 260 valence electrons. The summed E-state index contributed by atoms with van der Waals surface area (Å²) in [6.45, 7) is 6.64. The van der Waals surface area contributed by atoms with Crippen LogP contribution in [0.2, 0.25) is 0 Å². The Kier molecular flexibility index (Phi) is 8.53. The number of nitrogens with zero attached hydrogens (tertiary/aromatic N) is 3. The maximum absolute atomic E-state index is 2.47. The van der Waals surface area contributed by atoms with Crippen molar-refractivity contribution in [3.8, 4) is 22.3 Å². The molecular formula is C51H41N3. The molecule has 0 aliphatic carbocycles. The molecule has 0 N–H and O–H groups in total. The molecule has 0 fully saturated rings. The first kappa shape index (κ1) is 33.0. The van der Waals surface area contributed by atoms with Crippen LogP contribution >= 0.6 is 0 Å². The van der Waals surface area contributed by atoms with Crippen LogP contribution in [0.3, 0.4) is 0 Å². The lowest BCUT2D eigenvalue weighted by atomic mass is 9.91. The molecule has 0 amide bonds. The van der Waals surface area contributed by atoms with Gasteiger partial charge in [0.2, 0.25) is 0 Å². The van der Waals surface area contributed by atoms with Crippen molar-refractivity contribution < 1.29 is 0 Å². The van der Waals surface area contributed by atoms with Crippen LogP contribution in [0.25, 0.3) is 22.3 Å². The molecule has 0 aromatic heterocycles. The Morgan fingerprint density at radius 2 is 0.907 bits per heavy atom. The predicted octanol–water partition coefficient (Wildman–Crippen LogP) is 14.7. The summed E-state index contributed by atoms with van der Waals surface area (Å²) in [4.78, 5) is 7.31. The zero-order valence-corrected chi connectivity index (χ0v) is 30.8. The molecule has 3 nitrogen and oxygen atoms in total. The van der Waals surface area contributed by atoms with Gasteiger partial charge in [0.05, 0.1) is 22.7 Å². The second-order valence-electron chi connectivity index (χ2n) is 14.0. The highest BCUT2D eigenvalue weighted by Crippen LogP contribution is 2.59. The maximum atomic E-state index is 2.47. The van der Waals surface area contributed by atoms with Gasteiger partial charge in [-0.05, 0) is 121 Å². The normalized spacial score (nSPS) is 11.9. The van der Waals surface area contributed by atoms with E-state index in [-0.39, 0.29) is 0 Å². The Labute approximate surface area is 318 Å². The van der Waals surface area contributed by atoms with Gasteiger partial charge < -0.3 is 14.7 Å². The van der Waals surface area contributed by atoms with E-state index in [0.29, 0.717) is 0 Å². The summed E-state index contributed by atoms with van der Waals surface area (Å²) >= 11 is 0. The van der Waals surface area contributed by atoms with E-state index in [2.05, 4.69) is 230 Å². The van der Waals surface area contributed by atoms with Crippen LogP contribution in [-0.2, 0) is 0 Å². The smallest absolute Gasteiger partial charge is 0.0784 e. The van der Waals surface area contributed by atoms with Crippen molar-refractivity contribution >= 4 is 51.2 Å². The molecule has 1 aliphatic heterocycles. The van der Waals surface area contributed by atoms with Crippen LogP contribution in [-0.4, -0.2) is 0 Å². The van der Waals surface area contributed by atoms with Gasteiger partial charge in [-0.25, -0.2) is 0 Å². The maximum Gasteiger partial charge on any atom is 0.0784 e. The second kappa shape index (κ2) is 13.9. The minimum atomic E-state index is 1.08. The van der Waals surface area contributed by atoms with Crippen molar-refractivity contribution in [1.82, 2.24) is 0 Å². The number of rotatable bonds is 7. The Hall–Kier alpha value is -6.84. The minimum absolute atomic E-state index is 1.08. The van der Waals surface area contributed by atoms with E-state index >= 15 is 0 Å². The van der Waals surface area contributed by atoms with Crippen LogP contribution in [0.5, 0.6) is 0 Å². The highest BCUT2D eigenvalue weighted by atomic mass is 15.3. The number of anilines is 9. The third kappa shape index (κ3) is 5.81. The van der Waals surface area contributed by atoms with Crippen molar-refractivity contribution in [2.75, 3.05) is 14.7 Å². The Morgan fingerprint density at radius 1 is 0.370 bits per heavy atom. The Balaban J connectivity index is 1.30. The molecular weight excluding hydrogens is 655 g/mol. The third-order valence-corrected chi connectivity index (χ3v) is 10.6. The summed E-state index contributed by atoms with van der Waals surface area (Å²) in [5, 5.41) is 0. The number of fused-ring (bicyclic) bond motifs is 2. The number of aryl methyl sites for hydroxylation is 3. The van der Waals surface area contributed by atoms with Gasteiger partial charge >= 0.3 is 0 Å². The zero-order chi connectivity index (χ0) is 36.6. The van der Waals surface area contributed by atoms with Crippen molar-refractivity contribution in [2.45, 2.75) is 20.8 Å². The molecule has 54 heavy (non-hydrogen) atoms. The first-order valence-corrected chi connectivity index (χ1v) is 18.6. The van der Waals surface area contributed by atoms with Gasteiger partial charge in [0.25, 0.3) is 0 Å². The third-order valence-electron chi connectivity index (χ3n) is 10.6. The monoisotopic (exact) mass is 695 g/mol. The SMILES string of the molecule is Cc1ccccc1-c1c(C)ccc2c1N(c1ccccc1)c1ccc(N(c3ccc(-c4ccccc4)cc3)c3ccccc3C)cc1N2c1ccccc1. The van der Waals surface area contributed by atoms with E-state index in [4.69, 9.17) is 0 Å². The number of benzene rings is 8.